The topological polar surface area (TPSA) is 55.8 Å². The van der Waals surface area contributed by atoms with Crippen molar-refractivity contribution in [3.8, 4) is 11.5 Å². The Morgan fingerprint density at radius 3 is 2.33 bits per heavy atom. The van der Waals surface area contributed by atoms with Gasteiger partial charge in [-0.1, -0.05) is 7.43 Å². The Balaban J connectivity index is 0.00000196. The number of rotatable bonds is 3. The molecule has 4 nitrogen and oxygen atoms in total. The summed E-state index contributed by atoms with van der Waals surface area (Å²) in [5.74, 6) is 0.238. The van der Waals surface area contributed by atoms with Crippen LogP contribution >= 0.6 is 0 Å². The third-order valence-electron chi connectivity index (χ3n) is 1.68. The van der Waals surface area contributed by atoms with Crippen LogP contribution in [0.15, 0.2) is 24.3 Å². The molecule has 0 spiro atoms. The van der Waals surface area contributed by atoms with Crippen LogP contribution in [0.25, 0.3) is 0 Å². The number of esters is 1. The van der Waals surface area contributed by atoms with E-state index in [0.29, 0.717) is 5.75 Å². The number of phenols is 1. The van der Waals surface area contributed by atoms with Gasteiger partial charge in [-0.25, -0.2) is 4.79 Å². The number of ether oxygens (including phenoxy) is 2. The Bertz CT molecular complexity index is 305. The fourth-order valence-electron chi connectivity index (χ4n) is 0.943. The molecule has 1 rings (SSSR count). The number of carbonyl (C=O) groups excluding carboxylic acids is 1. The molecule has 84 valence electrons. The minimum atomic E-state index is -0.649. The van der Waals surface area contributed by atoms with E-state index in [2.05, 4.69) is 4.74 Å². The van der Waals surface area contributed by atoms with Crippen molar-refractivity contribution in [3.05, 3.63) is 24.3 Å². The maximum Gasteiger partial charge on any atom is 0.346 e. The summed E-state index contributed by atoms with van der Waals surface area (Å²) in [5, 5.41) is 9.00. The van der Waals surface area contributed by atoms with E-state index in [4.69, 9.17) is 9.84 Å². The molecule has 0 aliphatic heterocycles. The largest absolute Gasteiger partial charge is 0.508 e. The van der Waals surface area contributed by atoms with E-state index in [1.165, 1.54) is 19.2 Å². The monoisotopic (exact) mass is 212 g/mol. The summed E-state index contributed by atoms with van der Waals surface area (Å²) in [5.41, 5.74) is 0. The van der Waals surface area contributed by atoms with Gasteiger partial charge in [-0.3, -0.25) is 0 Å². The number of benzene rings is 1. The van der Waals surface area contributed by atoms with Crippen LogP contribution in [0, 0.1) is 0 Å². The van der Waals surface area contributed by atoms with E-state index in [-0.39, 0.29) is 13.2 Å². The molecule has 0 aliphatic carbocycles. The summed E-state index contributed by atoms with van der Waals surface area (Å²) in [6, 6.07) is 6.13. The lowest BCUT2D eigenvalue weighted by atomic mass is 10.3. The molecule has 0 aromatic heterocycles. The SMILES string of the molecule is C.COC(=O)[C@@H](C)Oc1ccc(O)cc1. The zero-order valence-corrected chi connectivity index (χ0v) is 8.06. The van der Waals surface area contributed by atoms with Gasteiger partial charge in [0.05, 0.1) is 7.11 Å². The molecule has 1 aromatic carbocycles. The Morgan fingerprint density at radius 2 is 1.87 bits per heavy atom. The highest BCUT2D eigenvalue weighted by Gasteiger charge is 2.14. The third kappa shape index (κ3) is 3.89. The minimum absolute atomic E-state index is 0. The van der Waals surface area contributed by atoms with Crippen LogP contribution in [0.5, 0.6) is 11.5 Å². The van der Waals surface area contributed by atoms with Crippen molar-refractivity contribution >= 4 is 5.97 Å². The Labute approximate surface area is 89.4 Å². The second-order valence-corrected chi connectivity index (χ2v) is 2.78. The first kappa shape index (κ1) is 13.3. The molecule has 1 N–H and O–H groups in total. The second kappa shape index (κ2) is 5.90. The van der Waals surface area contributed by atoms with Gasteiger partial charge in [0.1, 0.15) is 11.5 Å². The van der Waals surface area contributed by atoms with E-state index < -0.39 is 12.1 Å². The van der Waals surface area contributed by atoms with Crippen molar-refractivity contribution in [2.75, 3.05) is 7.11 Å². The molecule has 0 bridgehead atoms. The van der Waals surface area contributed by atoms with E-state index in [1.54, 1.807) is 19.1 Å². The van der Waals surface area contributed by atoms with Crippen molar-refractivity contribution in [2.24, 2.45) is 0 Å². The van der Waals surface area contributed by atoms with Gasteiger partial charge in [0.15, 0.2) is 6.10 Å². The molecule has 0 heterocycles. The van der Waals surface area contributed by atoms with Gasteiger partial charge in [0, 0.05) is 0 Å². The molecule has 15 heavy (non-hydrogen) atoms. The van der Waals surface area contributed by atoms with Crippen molar-refractivity contribution in [3.63, 3.8) is 0 Å². The predicted molar refractivity (Wildman–Crippen MR) is 56.9 cm³/mol. The Kier molecular flexibility index (Phi) is 5.23. The Morgan fingerprint density at radius 1 is 1.33 bits per heavy atom. The highest BCUT2D eigenvalue weighted by molar-refractivity contribution is 5.74. The van der Waals surface area contributed by atoms with Crippen molar-refractivity contribution in [2.45, 2.75) is 20.5 Å². The molecule has 0 amide bonds. The van der Waals surface area contributed by atoms with Crippen molar-refractivity contribution < 1.29 is 19.4 Å². The minimum Gasteiger partial charge on any atom is -0.508 e. The van der Waals surface area contributed by atoms with Gasteiger partial charge in [-0.15, -0.1) is 0 Å². The fraction of sp³-hybridized carbons (Fsp3) is 0.364. The van der Waals surface area contributed by atoms with E-state index in [9.17, 15) is 4.79 Å². The highest BCUT2D eigenvalue weighted by Crippen LogP contribution is 2.17. The van der Waals surface area contributed by atoms with Crippen molar-refractivity contribution in [1.82, 2.24) is 0 Å². The average Bonchev–Trinajstić information content (AvgIpc) is 2.20. The molecule has 0 saturated carbocycles. The summed E-state index contributed by atoms with van der Waals surface area (Å²) in [4.78, 5) is 11.0. The number of aromatic hydroxyl groups is 1. The number of carbonyl (C=O) groups is 1. The quantitative estimate of drug-likeness (QED) is 0.778. The van der Waals surface area contributed by atoms with Gasteiger partial charge in [0.2, 0.25) is 0 Å². The summed E-state index contributed by atoms with van der Waals surface area (Å²) in [6.45, 7) is 1.60. The van der Waals surface area contributed by atoms with Gasteiger partial charge < -0.3 is 14.6 Å². The smallest absolute Gasteiger partial charge is 0.346 e. The molecule has 0 unspecified atom stereocenters. The van der Waals surface area contributed by atoms with Gasteiger partial charge in [-0.05, 0) is 31.2 Å². The third-order valence-corrected chi connectivity index (χ3v) is 1.68. The number of hydrogen-bond donors (Lipinski definition) is 1. The normalized spacial score (nSPS) is 11.1. The van der Waals surface area contributed by atoms with Gasteiger partial charge in [0.25, 0.3) is 0 Å². The lowest BCUT2D eigenvalue weighted by Crippen LogP contribution is -2.24. The van der Waals surface area contributed by atoms with Crippen LogP contribution in [0.4, 0.5) is 0 Å². The van der Waals surface area contributed by atoms with Crippen LogP contribution < -0.4 is 4.74 Å². The van der Waals surface area contributed by atoms with E-state index in [0.717, 1.165) is 0 Å². The molecular formula is C11H16O4. The van der Waals surface area contributed by atoms with Gasteiger partial charge in [-0.2, -0.15) is 0 Å². The number of methoxy groups -OCH3 is 1. The van der Waals surface area contributed by atoms with Crippen LogP contribution in [0.3, 0.4) is 0 Å². The van der Waals surface area contributed by atoms with E-state index in [1.807, 2.05) is 0 Å². The molecular weight excluding hydrogens is 196 g/mol. The summed E-state index contributed by atoms with van der Waals surface area (Å²) in [7, 11) is 1.30. The van der Waals surface area contributed by atoms with Gasteiger partial charge >= 0.3 is 5.97 Å². The summed E-state index contributed by atoms with van der Waals surface area (Å²) >= 11 is 0. The predicted octanol–water partition coefficient (Wildman–Crippen LogP) is 1.97. The Hall–Kier alpha value is -1.71. The van der Waals surface area contributed by atoms with Crippen LogP contribution in [-0.4, -0.2) is 24.3 Å². The highest BCUT2D eigenvalue weighted by atomic mass is 16.6. The molecule has 0 fully saturated rings. The van der Waals surface area contributed by atoms with Crippen molar-refractivity contribution in [1.29, 1.82) is 0 Å². The average molecular weight is 212 g/mol. The van der Waals surface area contributed by atoms with E-state index >= 15 is 0 Å². The fourth-order valence-corrected chi connectivity index (χ4v) is 0.943. The number of phenolic OH excluding ortho intramolecular Hbond substituents is 1. The lowest BCUT2D eigenvalue weighted by molar-refractivity contribution is -0.147. The molecule has 0 aliphatic rings. The zero-order valence-electron chi connectivity index (χ0n) is 8.06. The standard InChI is InChI=1S/C10H12O4.CH4/c1-7(10(12)13-2)14-9-5-3-8(11)4-6-9;/h3-7,11H,1-2H3;1H4/t7-;/m1./s1. The molecule has 0 saturated heterocycles. The lowest BCUT2D eigenvalue weighted by Gasteiger charge is -2.11. The molecule has 0 radical (unpaired) electrons. The molecule has 1 aromatic rings. The van der Waals surface area contributed by atoms with Crippen LogP contribution in [0.2, 0.25) is 0 Å². The van der Waals surface area contributed by atoms with Crippen LogP contribution in [0.1, 0.15) is 14.4 Å². The van der Waals surface area contributed by atoms with Crippen LogP contribution in [-0.2, 0) is 9.53 Å². The number of hydrogen-bond acceptors (Lipinski definition) is 4. The summed E-state index contributed by atoms with van der Waals surface area (Å²) < 4.78 is 9.73. The molecule has 4 heteroatoms. The second-order valence-electron chi connectivity index (χ2n) is 2.78. The first-order valence-corrected chi connectivity index (χ1v) is 4.17. The summed E-state index contributed by atoms with van der Waals surface area (Å²) in [6.07, 6.45) is -0.649. The molecule has 1 atom stereocenters. The maximum absolute atomic E-state index is 11.0. The zero-order chi connectivity index (χ0) is 10.6. The first-order chi connectivity index (χ1) is 6.63. The first-order valence-electron chi connectivity index (χ1n) is 4.17. The maximum atomic E-state index is 11.0.